The molecule has 0 aromatic heterocycles. The fourth-order valence-corrected chi connectivity index (χ4v) is 2.98. The van der Waals surface area contributed by atoms with Gasteiger partial charge in [-0.25, -0.2) is 9.80 Å². The summed E-state index contributed by atoms with van der Waals surface area (Å²) in [5.41, 5.74) is 6.05. The van der Waals surface area contributed by atoms with Crippen LogP contribution in [0.25, 0.3) is 0 Å². The number of aryl methyl sites for hydroxylation is 2. The third kappa shape index (κ3) is 3.85. The molecule has 1 atom stereocenters. The van der Waals surface area contributed by atoms with Crippen LogP contribution < -0.4 is 15.6 Å². The van der Waals surface area contributed by atoms with Gasteiger partial charge in [0.2, 0.25) is 5.91 Å². The molecular formula is C17H24N4O3. The summed E-state index contributed by atoms with van der Waals surface area (Å²) in [6.45, 7) is 7.15. The molecule has 1 aromatic carbocycles. The van der Waals surface area contributed by atoms with Crippen LogP contribution in [0.15, 0.2) is 18.2 Å². The number of hydrogen-bond acceptors (Lipinski definition) is 4. The second kappa shape index (κ2) is 7.19. The molecule has 0 unspecified atom stereocenters. The lowest BCUT2D eigenvalue weighted by atomic mass is 10.1. The molecule has 0 radical (unpaired) electrons. The fraction of sp³-hybridized carbons (Fsp3) is 0.529. The van der Waals surface area contributed by atoms with Gasteiger partial charge in [-0.3, -0.25) is 10.2 Å². The molecule has 2 heterocycles. The smallest absolute Gasteiger partial charge is 0.329 e. The van der Waals surface area contributed by atoms with Gasteiger partial charge in [-0.2, -0.15) is 0 Å². The van der Waals surface area contributed by atoms with Crippen molar-refractivity contribution in [2.75, 3.05) is 37.7 Å². The first-order chi connectivity index (χ1) is 11.5. The van der Waals surface area contributed by atoms with Crippen molar-refractivity contribution < 1.29 is 14.3 Å². The Labute approximate surface area is 141 Å². The van der Waals surface area contributed by atoms with Gasteiger partial charge in [-0.15, -0.1) is 0 Å². The molecule has 130 valence electrons. The Hall–Kier alpha value is -2.12. The first-order valence-electron chi connectivity index (χ1n) is 8.30. The van der Waals surface area contributed by atoms with E-state index in [9.17, 15) is 9.59 Å². The molecule has 2 saturated heterocycles. The number of morpholine rings is 1. The number of rotatable bonds is 3. The van der Waals surface area contributed by atoms with Gasteiger partial charge in [0.05, 0.1) is 19.3 Å². The van der Waals surface area contributed by atoms with Crippen LogP contribution in [0.4, 0.5) is 10.5 Å². The van der Waals surface area contributed by atoms with E-state index in [1.165, 1.54) is 5.56 Å². The maximum absolute atomic E-state index is 12.3. The summed E-state index contributed by atoms with van der Waals surface area (Å²) in [6, 6.07) is 5.54. The van der Waals surface area contributed by atoms with Crippen molar-refractivity contribution in [3.8, 4) is 0 Å². The predicted molar refractivity (Wildman–Crippen MR) is 90.7 cm³/mol. The Morgan fingerprint density at radius 3 is 2.67 bits per heavy atom. The van der Waals surface area contributed by atoms with Crippen LogP contribution in [0.3, 0.4) is 0 Å². The van der Waals surface area contributed by atoms with Crippen molar-refractivity contribution in [1.29, 1.82) is 0 Å². The third-order valence-electron chi connectivity index (χ3n) is 4.53. The lowest BCUT2D eigenvalue weighted by molar-refractivity contribution is -0.117. The number of carbonyl (C=O) groups excluding carboxylic acids is 2. The number of amides is 3. The van der Waals surface area contributed by atoms with E-state index in [1.807, 2.05) is 37.1 Å². The highest BCUT2D eigenvalue weighted by Gasteiger charge is 2.32. The maximum atomic E-state index is 12.3. The first kappa shape index (κ1) is 16.7. The summed E-state index contributed by atoms with van der Waals surface area (Å²) in [5, 5.41) is 4.72. The quantitative estimate of drug-likeness (QED) is 0.864. The van der Waals surface area contributed by atoms with E-state index < -0.39 is 0 Å². The molecule has 24 heavy (non-hydrogen) atoms. The van der Waals surface area contributed by atoms with Gasteiger partial charge in [-0.05, 0) is 37.1 Å². The standard InChI is InChI=1S/C17H24N4O3/c1-12-3-4-15(9-13(12)2)21-11-14(10-16(21)22)18-17(23)19-20-5-7-24-8-6-20/h3-4,9,14H,5-8,10-11H2,1-2H3,(H2,18,19,23)/t14-/m1/s1. The van der Waals surface area contributed by atoms with E-state index in [4.69, 9.17) is 4.74 Å². The number of hydrazine groups is 1. The number of nitrogens with zero attached hydrogens (tertiary/aromatic N) is 2. The second-order valence-corrected chi connectivity index (χ2v) is 6.36. The molecule has 7 heteroatoms. The maximum Gasteiger partial charge on any atom is 0.329 e. The lowest BCUT2D eigenvalue weighted by Crippen LogP contribution is -2.53. The summed E-state index contributed by atoms with van der Waals surface area (Å²) < 4.78 is 5.25. The minimum Gasteiger partial charge on any atom is -0.379 e. The zero-order valence-electron chi connectivity index (χ0n) is 14.2. The number of ether oxygens (including phenoxy) is 1. The van der Waals surface area contributed by atoms with Gasteiger partial charge in [0.25, 0.3) is 0 Å². The number of hydrogen-bond donors (Lipinski definition) is 2. The average Bonchev–Trinajstić information content (AvgIpc) is 2.91. The van der Waals surface area contributed by atoms with Crippen molar-refractivity contribution in [2.24, 2.45) is 0 Å². The van der Waals surface area contributed by atoms with Gasteiger partial charge >= 0.3 is 6.03 Å². The summed E-state index contributed by atoms with van der Waals surface area (Å²) >= 11 is 0. The van der Waals surface area contributed by atoms with E-state index in [2.05, 4.69) is 10.7 Å². The molecule has 0 aliphatic carbocycles. The number of nitrogens with one attached hydrogen (secondary N) is 2. The molecule has 0 bridgehead atoms. The zero-order valence-corrected chi connectivity index (χ0v) is 14.2. The van der Waals surface area contributed by atoms with Crippen molar-refractivity contribution in [2.45, 2.75) is 26.3 Å². The van der Waals surface area contributed by atoms with Crippen LogP contribution in [0.5, 0.6) is 0 Å². The third-order valence-corrected chi connectivity index (χ3v) is 4.53. The molecule has 2 aliphatic heterocycles. The van der Waals surface area contributed by atoms with Crippen LogP contribution >= 0.6 is 0 Å². The first-order valence-corrected chi connectivity index (χ1v) is 8.30. The molecule has 2 N–H and O–H groups in total. The molecule has 1 aromatic rings. The summed E-state index contributed by atoms with van der Waals surface area (Å²) in [5.74, 6) is 0.0370. The van der Waals surface area contributed by atoms with Crippen LogP contribution in [0.2, 0.25) is 0 Å². The Kier molecular flexibility index (Phi) is 5.01. The highest BCUT2D eigenvalue weighted by Crippen LogP contribution is 2.24. The molecule has 3 rings (SSSR count). The van der Waals surface area contributed by atoms with Gasteiger partial charge in [0, 0.05) is 31.7 Å². The molecule has 2 aliphatic rings. The van der Waals surface area contributed by atoms with E-state index in [-0.39, 0.29) is 18.0 Å². The number of urea groups is 1. The molecule has 7 nitrogen and oxygen atoms in total. The summed E-state index contributed by atoms with van der Waals surface area (Å²) in [6.07, 6.45) is 0.323. The highest BCUT2D eigenvalue weighted by atomic mass is 16.5. The topological polar surface area (TPSA) is 73.9 Å². The number of benzene rings is 1. The Bertz CT molecular complexity index is 628. The average molecular weight is 332 g/mol. The molecule has 0 saturated carbocycles. The van der Waals surface area contributed by atoms with Gasteiger partial charge in [-0.1, -0.05) is 6.07 Å². The van der Waals surface area contributed by atoms with E-state index >= 15 is 0 Å². The van der Waals surface area contributed by atoms with E-state index in [1.54, 1.807) is 4.90 Å². The predicted octanol–water partition coefficient (Wildman–Crippen LogP) is 0.955. The Morgan fingerprint density at radius 2 is 1.96 bits per heavy atom. The van der Waals surface area contributed by atoms with E-state index in [0.29, 0.717) is 39.3 Å². The molecular weight excluding hydrogens is 308 g/mol. The van der Waals surface area contributed by atoms with Gasteiger partial charge in [0.15, 0.2) is 0 Å². The van der Waals surface area contributed by atoms with Crippen LogP contribution in [-0.4, -0.2) is 55.8 Å². The summed E-state index contributed by atoms with van der Waals surface area (Å²) in [4.78, 5) is 26.1. The van der Waals surface area contributed by atoms with Crippen molar-refractivity contribution in [1.82, 2.24) is 15.8 Å². The van der Waals surface area contributed by atoms with Gasteiger partial charge < -0.3 is 15.0 Å². The van der Waals surface area contributed by atoms with E-state index in [0.717, 1.165) is 11.3 Å². The van der Waals surface area contributed by atoms with Crippen molar-refractivity contribution >= 4 is 17.6 Å². The second-order valence-electron chi connectivity index (χ2n) is 6.36. The minimum absolute atomic E-state index is 0.0370. The molecule has 2 fully saturated rings. The molecule has 0 spiro atoms. The Balaban J connectivity index is 1.56. The Morgan fingerprint density at radius 1 is 1.21 bits per heavy atom. The fourth-order valence-electron chi connectivity index (χ4n) is 2.98. The number of anilines is 1. The molecule has 3 amide bonds. The summed E-state index contributed by atoms with van der Waals surface area (Å²) in [7, 11) is 0. The lowest BCUT2D eigenvalue weighted by Gasteiger charge is -2.27. The van der Waals surface area contributed by atoms with Crippen LogP contribution in [0.1, 0.15) is 17.5 Å². The van der Waals surface area contributed by atoms with Crippen LogP contribution in [-0.2, 0) is 9.53 Å². The largest absolute Gasteiger partial charge is 0.379 e. The monoisotopic (exact) mass is 332 g/mol. The van der Waals surface area contributed by atoms with Crippen molar-refractivity contribution in [3.63, 3.8) is 0 Å². The van der Waals surface area contributed by atoms with Crippen LogP contribution in [0, 0.1) is 13.8 Å². The SMILES string of the molecule is Cc1ccc(N2C[C@H](NC(=O)NN3CCOCC3)CC2=O)cc1C. The van der Waals surface area contributed by atoms with Crippen molar-refractivity contribution in [3.05, 3.63) is 29.3 Å². The zero-order chi connectivity index (χ0) is 17.1. The number of carbonyl (C=O) groups is 2. The minimum atomic E-state index is -0.267. The van der Waals surface area contributed by atoms with Gasteiger partial charge in [0.1, 0.15) is 0 Å². The highest BCUT2D eigenvalue weighted by molar-refractivity contribution is 5.96. The normalized spacial score (nSPS) is 21.8.